The largest absolute Gasteiger partial charge is 0.461 e. The zero-order valence-corrected chi connectivity index (χ0v) is 20.2. The second-order valence-electron chi connectivity index (χ2n) is 8.80. The second kappa shape index (κ2) is 10.7. The van der Waals surface area contributed by atoms with Crippen LogP contribution in [-0.2, 0) is 6.42 Å². The van der Waals surface area contributed by atoms with E-state index in [1.54, 1.807) is 18.4 Å². The number of rotatable bonds is 9. The number of nitrogens with one attached hydrogen (secondary N) is 2. The number of fused-ring (bicyclic) bond motifs is 1. The molecule has 4 aromatic rings. The summed E-state index contributed by atoms with van der Waals surface area (Å²) in [6.07, 6.45) is 2.28. The molecule has 12 heteroatoms. The molecule has 4 N–H and O–H groups in total. The Labute approximate surface area is 208 Å². The van der Waals surface area contributed by atoms with Crippen LogP contribution >= 0.6 is 0 Å². The third-order valence-electron chi connectivity index (χ3n) is 6.20. The van der Waals surface area contributed by atoms with Crippen molar-refractivity contribution in [2.45, 2.75) is 6.42 Å². The molecule has 0 saturated carbocycles. The van der Waals surface area contributed by atoms with Crippen LogP contribution in [0.5, 0.6) is 0 Å². The average Bonchev–Trinajstić information content (AvgIpc) is 3.56. The van der Waals surface area contributed by atoms with E-state index < -0.39 is 0 Å². The van der Waals surface area contributed by atoms with Gasteiger partial charge in [-0.1, -0.05) is 12.1 Å². The number of nitrogens with zero attached hydrogens (tertiary/aromatic N) is 7. The van der Waals surface area contributed by atoms with Gasteiger partial charge < -0.3 is 25.7 Å². The summed E-state index contributed by atoms with van der Waals surface area (Å²) in [6, 6.07) is 11.2. The van der Waals surface area contributed by atoms with Gasteiger partial charge in [0.1, 0.15) is 0 Å². The lowest BCUT2D eigenvalue weighted by molar-refractivity contribution is 0.0941. The molecule has 1 fully saturated rings. The third kappa shape index (κ3) is 5.61. The molecule has 0 spiro atoms. The molecule has 0 bridgehead atoms. The summed E-state index contributed by atoms with van der Waals surface area (Å²) in [5.74, 6) is 1.75. The van der Waals surface area contributed by atoms with Crippen LogP contribution in [0.15, 0.2) is 47.1 Å². The molecule has 3 aromatic heterocycles. The van der Waals surface area contributed by atoms with Gasteiger partial charge in [-0.3, -0.25) is 9.69 Å². The number of piperazine rings is 1. The van der Waals surface area contributed by atoms with Crippen LogP contribution in [0.1, 0.15) is 15.9 Å². The highest BCUT2D eigenvalue weighted by Gasteiger charge is 2.15. The maximum Gasteiger partial charge on any atom is 0.259 e. The number of hydrogen-bond acceptors (Lipinski definition) is 10. The zero-order valence-electron chi connectivity index (χ0n) is 20.2. The molecule has 0 atom stereocenters. The van der Waals surface area contributed by atoms with E-state index in [4.69, 9.17) is 10.2 Å². The zero-order chi connectivity index (χ0) is 24.9. The molecule has 36 heavy (non-hydrogen) atoms. The van der Waals surface area contributed by atoms with Crippen molar-refractivity contribution >= 4 is 23.6 Å². The molecule has 5 rings (SSSR count). The highest BCUT2D eigenvalue weighted by Crippen LogP contribution is 2.17. The van der Waals surface area contributed by atoms with Gasteiger partial charge in [0.2, 0.25) is 17.7 Å². The molecule has 1 aliphatic rings. The van der Waals surface area contributed by atoms with Crippen molar-refractivity contribution in [3.05, 3.63) is 53.8 Å². The van der Waals surface area contributed by atoms with E-state index in [2.05, 4.69) is 47.5 Å². The van der Waals surface area contributed by atoms with Crippen molar-refractivity contribution in [2.75, 3.05) is 63.9 Å². The summed E-state index contributed by atoms with van der Waals surface area (Å²) in [7, 11) is 2.14. The fourth-order valence-electron chi connectivity index (χ4n) is 4.04. The number of carbonyl (C=O) groups excluding carboxylic acids is 1. The number of hydrogen-bond donors (Lipinski definition) is 3. The number of aromatic nitrogens is 5. The molecule has 0 radical (unpaired) electrons. The van der Waals surface area contributed by atoms with Gasteiger partial charge in [-0.15, -0.1) is 5.10 Å². The number of furan rings is 1. The lowest BCUT2D eigenvalue weighted by atomic mass is 10.1. The fraction of sp³-hybridized carbons (Fsp3) is 0.375. The Morgan fingerprint density at radius 2 is 1.86 bits per heavy atom. The lowest BCUT2D eigenvalue weighted by Crippen LogP contribution is -2.46. The summed E-state index contributed by atoms with van der Waals surface area (Å²) in [6.45, 7) is 6.36. The van der Waals surface area contributed by atoms with E-state index in [1.807, 2.05) is 24.3 Å². The minimum absolute atomic E-state index is 0.0480. The van der Waals surface area contributed by atoms with Crippen LogP contribution < -0.4 is 16.4 Å². The van der Waals surface area contributed by atoms with Gasteiger partial charge in [-0.2, -0.15) is 19.5 Å². The van der Waals surface area contributed by atoms with Crippen molar-refractivity contribution < 1.29 is 9.21 Å². The van der Waals surface area contributed by atoms with Crippen LogP contribution in [0.2, 0.25) is 0 Å². The van der Waals surface area contributed by atoms with Crippen molar-refractivity contribution in [1.29, 1.82) is 0 Å². The Bertz CT molecular complexity index is 1290. The Kier molecular flexibility index (Phi) is 7.05. The molecule has 1 amide bonds. The van der Waals surface area contributed by atoms with Crippen molar-refractivity contribution in [3.63, 3.8) is 0 Å². The molecule has 0 unspecified atom stereocenters. The molecule has 1 aliphatic heterocycles. The highest BCUT2D eigenvalue weighted by atomic mass is 16.3. The topological polar surface area (TPSA) is 143 Å². The van der Waals surface area contributed by atoms with Gasteiger partial charge in [-0.25, -0.2) is 0 Å². The minimum Gasteiger partial charge on any atom is -0.461 e. The van der Waals surface area contributed by atoms with Crippen molar-refractivity contribution in [2.24, 2.45) is 0 Å². The molecular formula is C24H30N10O2. The van der Waals surface area contributed by atoms with E-state index in [0.29, 0.717) is 42.0 Å². The van der Waals surface area contributed by atoms with Gasteiger partial charge in [0.25, 0.3) is 11.7 Å². The number of amides is 1. The lowest BCUT2D eigenvalue weighted by Gasteiger charge is -2.32. The SMILES string of the molecule is CN1CCN(CCNC(=O)c2ccc(CCNc3nc(N)n4nc(-c5ccco5)nc4n3)cc2)CC1. The molecule has 1 aromatic carbocycles. The second-order valence-corrected chi connectivity index (χ2v) is 8.80. The number of likely N-dealkylation sites (N-methyl/N-ethyl adjacent to an activating group) is 1. The van der Waals surface area contributed by atoms with Crippen LogP contribution in [0.3, 0.4) is 0 Å². The van der Waals surface area contributed by atoms with Crippen LogP contribution in [0.4, 0.5) is 11.9 Å². The predicted octanol–water partition coefficient (Wildman–Crippen LogP) is 0.993. The first kappa shape index (κ1) is 23.7. The smallest absolute Gasteiger partial charge is 0.259 e. The van der Waals surface area contributed by atoms with Gasteiger partial charge in [-0.05, 0) is 43.3 Å². The predicted molar refractivity (Wildman–Crippen MR) is 136 cm³/mol. The number of nitrogen functional groups attached to an aromatic ring is 1. The Hall–Kier alpha value is -4.03. The maximum absolute atomic E-state index is 12.5. The van der Waals surface area contributed by atoms with E-state index in [9.17, 15) is 4.79 Å². The van der Waals surface area contributed by atoms with Gasteiger partial charge in [0.15, 0.2) is 5.76 Å². The molecule has 4 heterocycles. The number of benzene rings is 1. The molecule has 12 nitrogen and oxygen atoms in total. The first-order valence-electron chi connectivity index (χ1n) is 12.0. The summed E-state index contributed by atoms with van der Waals surface area (Å²) >= 11 is 0. The minimum atomic E-state index is -0.0480. The quantitative estimate of drug-likeness (QED) is 0.311. The first-order valence-corrected chi connectivity index (χ1v) is 12.0. The van der Waals surface area contributed by atoms with E-state index in [1.165, 1.54) is 4.52 Å². The average molecular weight is 491 g/mol. The van der Waals surface area contributed by atoms with Gasteiger partial charge >= 0.3 is 0 Å². The van der Waals surface area contributed by atoms with Crippen LogP contribution in [0.25, 0.3) is 17.4 Å². The summed E-state index contributed by atoms with van der Waals surface area (Å²) < 4.78 is 6.71. The summed E-state index contributed by atoms with van der Waals surface area (Å²) in [4.78, 5) is 30.2. The van der Waals surface area contributed by atoms with E-state index in [0.717, 1.165) is 44.7 Å². The monoisotopic (exact) mass is 490 g/mol. The maximum atomic E-state index is 12.5. The van der Waals surface area contributed by atoms with Gasteiger partial charge in [0, 0.05) is 51.4 Å². The van der Waals surface area contributed by atoms with E-state index in [-0.39, 0.29) is 11.9 Å². The first-order chi connectivity index (χ1) is 17.5. The normalized spacial score (nSPS) is 14.8. The summed E-state index contributed by atoms with van der Waals surface area (Å²) in [5, 5.41) is 10.5. The number of carbonyl (C=O) groups is 1. The Morgan fingerprint density at radius 1 is 1.06 bits per heavy atom. The standard InChI is InChI=1S/C24H30N10O2/c1-32-12-14-33(15-13-32)11-10-26-21(35)18-6-4-17(5-7-18)8-9-27-23-29-22(25)34-24(30-23)28-20(31-34)19-3-2-16-36-19/h2-7,16H,8-15H2,1H3,(H,26,35)(H3,25,27,28,29,30,31). The Balaban J connectivity index is 1.10. The fourth-order valence-corrected chi connectivity index (χ4v) is 4.04. The highest BCUT2D eigenvalue weighted by molar-refractivity contribution is 5.94. The number of nitrogens with two attached hydrogens (primary N) is 1. The Morgan fingerprint density at radius 3 is 2.61 bits per heavy atom. The van der Waals surface area contributed by atoms with Gasteiger partial charge in [0.05, 0.1) is 6.26 Å². The van der Waals surface area contributed by atoms with Crippen molar-refractivity contribution in [1.82, 2.24) is 39.7 Å². The number of anilines is 2. The van der Waals surface area contributed by atoms with Crippen molar-refractivity contribution in [3.8, 4) is 11.6 Å². The van der Waals surface area contributed by atoms with E-state index >= 15 is 0 Å². The molecule has 188 valence electrons. The molecule has 0 aliphatic carbocycles. The third-order valence-corrected chi connectivity index (χ3v) is 6.20. The molecular weight excluding hydrogens is 460 g/mol. The van der Waals surface area contributed by atoms with Crippen LogP contribution in [0, 0.1) is 0 Å². The summed E-state index contributed by atoms with van der Waals surface area (Å²) in [5.41, 5.74) is 7.78. The van der Waals surface area contributed by atoms with Crippen LogP contribution in [-0.4, -0.2) is 93.1 Å². The molecule has 1 saturated heterocycles.